The van der Waals surface area contributed by atoms with Gasteiger partial charge in [0.25, 0.3) is 0 Å². The van der Waals surface area contributed by atoms with Gasteiger partial charge in [0.05, 0.1) is 14.2 Å². The summed E-state index contributed by atoms with van der Waals surface area (Å²) in [5, 5.41) is 6.42. The number of methoxy groups -OCH3 is 2. The molecule has 2 aromatic rings. The minimum atomic E-state index is -0.502. The summed E-state index contributed by atoms with van der Waals surface area (Å²) < 4.78 is 38.3. The molecule has 3 rings (SSSR count). The second-order valence-electron chi connectivity index (χ2n) is 6.34. The summed E-state index contributed by atoms with van der Waals surface area (Å²) >= 11 is 0. The lowest BCUT2D eigenvalue weighted by Gasteiger charge is -2.14. The zero-order valence-electron chi connectivity index (χ0n) is 16.0. The third-order valence-corrected chi connectivity index (χ3v) is 4.61. The molecule has 1 aliphatic rings. The van der Waals surface area contributed by atoms with E-state index >= 15 is 0 Å². The van der Waals surface area contributed by atoms with Gasteiger partial charge in [-0.1, -0.05) is 12.1 Å². The van der Waals surface area contributed by atoms with Crippen LogP contribution in [-0.4, -0.2) is 33.3 Å². The van der Waals surface area contributed by atoms with E-state index in [9.17, 15) is 8.78 Å². The van der Waals surface area contributed by atoms with E-state index in [0.29, 0.717) is 30.4 Å². The van der Waals surface area contributed by atoms with Crippen LogP contribution in [0.1, 0.15) is 23.5 Å². The standard InChI is InChI=1S/C20H23F2N3O2.HI/c1-23-20(24-11-12-7-8-17(26-2)18(9-12)27-3)25-16-10-13(16)19-14(21)5-4-6-15(19)22;/h4-9,13,16H,10-11H2,1-3H3,(H2,23,24,25);1H. The average Bonchev–Trinajstić information content (AvgIpc) is 3.43. The molecule has 0 radical (unpaired) electrons. The average molecular weight is 503 g/mol. The summed E-state index contributed by atoms with van der Waals surface area (Å²) in [6.07, 6.45) is 0.662. The van der Waals surface area contributed by atoms with E-state index in [1.54, 1.807) is 21.3 Å². The van der Waals surface area contributed by atoms with Crippen LogP contribution in [0, 0.1) is 11.6 Å². The quantitative estimate of drug-likeness (QED) is 0.358. The summed E-state index contributed by atoms with van der Waals surface area (Å²) in [6.45, 7) is 0.519. The molecule has 5 nitrogen and oxygen atoms in total. The molecule has 0 bridgehead atoms. The van der Waals surface area contributed by atoms with Crippen molar-refractivity contribution >= 4 is 29.9 Å². The molecule has 0 heterocycles. The van der Waals surface area contributed by atoms with Crippen LogP contribution in [0.4, 0.5) is 8.78 Å². The van der Waals surface area contributed by atoms with Gasteiger partial charge in [0, 0.05) is 31.1 Å². The summed E-state index contributed by atoms with van der Waals surface area (Å²) in [5.41, 5.74) is 1.13. The van der Waals surface area contributed by atoms with Gasteiger partial charge in [0.1, 0.15) is 11.6 Å². The van der Waals surface area contributed by atoms with Gasteiger partial charge in [-0.3, -0.25) is 4.99 Å². The molecule has 1 fully saturated rings. The minimum Gasteiger partial charge on any atom is -0.493 e. The first-order valence-corrected chi connectivity index (χ1v) is 8.69. The Morgan fingerprint density at radius 1 is 1.11 bits per heavy atom. The van der Waals surface area contributed by atoms with Crippen LogP contribution in [0.2, 0.25) is 0 Å². The molecule has 152 valence electrons. The number of ether oxygens (including phenoxy) is 2. The number of hydrogen-bond acceptors (Lipinski definition) is 3. The van der Waals surface area contributed by atoms with Crippen molar-refractivity contribution in [2.45, 2.75) is 24.9 Å². The van der Waals surface area contributed by atoms with Crippen LogP contribution >= 0.6 is 24.0 Å². The third kappa shape index (κ3) is 5.03. The summed E-state index contributed by atoms with van der Waals surface area (Å²) in [7, 11) is 4.83. The fourth-order valence-electron chi connectivity index (χ4n) is 3.09. The van der Waals surface area contributed by atoms with Gasteiger partial charge in [-0.05, 0) is 36.2 Å². The number of hydrogen-bond donors (Lipinski definition) is 2. The Labute approximate surface area is 180 Å². The minimum absolute atomic E-state index is 0. The first-order chi connectivity index (χ1) is 13.1. The Kier molecular flexibility index (Phi) is 7.85. The zero-order chi connectivity index (χ0) is 19.4. The predicted molar refractivity (Wildman–Crippen MR) is 116 cm³/mol. The largest absolute Gasteiger partial charge is 0.493 e. The van der Waals surface area contributed by atoms with Gasteiger partial charge in [0.15, 0.2) is 17.5 Å². The summed E-state index contributed by atoms with van der Waals surface area (Å²) in [4.78, 5) is 4.18. The topological polar surface area (TPSA) is 54.9 Å². The van der Waals surface area contributed by atoms with Crippen LogP contribution in [0.15, 0.2) is 41.4 Å². The fraction of sp³-hybridized carbons (Fsp3) is 0.350. The number of guanidine groups is 1. The van der Waals surface area contributed by atoms with E-state index in [2.05, 4.69) is 15.6 Å². The van der Waals surface area contributed by atoms with Gasteiger partial charge >= 0.3 is 0 Å². The molecule has 2 N–H and O–H groups in total. The Morgan fingerprint density at radius 2 is 1.79 bits per heavy atom. The van der Waals surface area contributed by atoms with Crippen LogP contribution in [0.25, 0.3) is 0 Å². The maximum atomic E-state index is 13.9. The number of benzene rings is 2. The number of nitrogens with zero attached hydrogens (tertiary/aromatic N) is 1. The smallest absolute Gasteiger partial charge is 0.191 e. The van der Waals surface area contributed by atoms with Crippen molar-refractivity contribution in [3.05, 3.63) is 59.2 Å². The number of rotatable bonds is 6. The molecule has 2 unspecified atom stereocenters. The highest BCUT2D eigenvalue weighted by molar-refractivity contribution is 14.0. The van der Waals surface area contributed by atoms with Gasteiger partial charge in [-0.25, -0.2) is 8.78 Å². The molecule has 0 amide bonds. The van der Waals surface area contributed by atoms with Gasteiger partial charge < -0.3 is 20.1 Å². The highest BCUT2D eigenvalue weighted by atomic mass is 127. The lowest BCUT2D eigenvalue weighted by molar-refractivity contribution is 0.354. The second-order valence-corrected chi connectivity index (χ2v) is 6.34. The molecule has 28 heavy (non-hydrogen) atoms. The molecule has 0 aliphatic heterocycles. The third-order valence-electron chi connectivity index (χ3n) is 4.61. The van der Waals surface area contributed by atoms with Crippen molar-refractivity contribution in [1.82, 2.24) is 10.6 Å². The molecule has 1 aliphatic carbocycles. The van der Waals surface area contributed by atoms with E-state index in [-0.39, 0.29) is 41.5 Å². The van der Waals surface area contributed by atoms with Gasteiger partial charge in [-0.15, -0.1) is 24.0 Å². The van der Waals surface area contributed by atoms with Crippen LogP contribution in [-0.2, 0) is 6.54 Å². The molecule has 0 spiro atoms. The maximum Gasteiger partial charge on any atom is 0.191 e. The van der Waals surface area contributed by atoms with Crippen molar-refractivity contribution < 1.29 is 18.3 Å². The van der Waals surface area contributed by atoms with E-state index in [0.717, 1.165) is 5.56 Å². The van der Waals surface area contributed by atoms with Crippen molar-refractivity contribution in [2.75, 3.05) is 21.3 Å². The van der Waals surface area contributed by atoms with Gasteiger partial charge in [-0.2, -0.15) is 0 Å². The molecule has 8 heteroatoms. The molecule has 0 saturated heterocycles. The molecule has 1 saturated carbocycles. The molecular weight excluding hydrogens is 479 g/mol. The monoisotopic (exact) mass is 503 g/mol. The second kappa shape index (κ2) is 9.90. The lowest BCUT2D eigenvalue weighted by atomic mass is 10.1. The Morgan fingerprint density at radius 3 is 2.39 bits per heavy atom. The fourth-order valence-corrected chi connectivity index (χ4v) is 3.09. The van der Waals surface area contributed by atoms with E-state index in [1.807, 2.05) is 18.2 Å². The van der Waals surface area contributed by atoms with E-state index < -0.39 is 11.6 Å². The van der Waals surface area contributed by atoms with Crippen molar-refractivity contribution in [3.63, 3.8) is 0 Å². The van der Waals surface area contributed by atoms with Crippen LogP contribution in [0.3, 0.4) is 0 Å². The molecule has 0 aromatic heterocycles. The molecular formula is C20H24F2IN3O2. The summed E-state index contributed by atoms with van der Waals surface area (Å²) in [5.74, 6) is 0.698. The normalized spacial score (nSPS) is 18.1. The highest BCUT2D eigenvalue weighted by Crippen LogP contribution is 2.43. The SMILES string of the molecule is CN=C(NCc1ccc(OC)c(OC)c1)NC1CC1c1c(F)cccc1F.I. The summed E-state index contributed by atoms with van der Waals surface area (Å²) in [6, 6.07) is 9.56. The molecule has 2 aromatic carbocycles. The Bertz CT molecular complexity index is 828. The van der Waals surface area contributed by atoms with Crippen molar-refractivity contribution in [2.24, 2.45) is 4.99 Å². The number of aliphatic imine (C=N–C) groups is 1. The van der Waals surface area contributed by atoms with E-state index in [4.69, 9.17) is 9.47 Å². The van der Waals surface area contributed by atoms with Crippen LogP contribution in [0.5, 0.6) is 11.5 Å². The number of nitrogens with one attached hydrogen (secondary N) is 2. The zero-order valence-corrected chi connectivity index (χ0v) is 18.3. The highest BCUT2D eigenvalue weighted by Gasteiger charge is 2.42. The van der Waals surface area contributed by atoms with Gasteiger partial charge in [0.2, 0.25) is 0 Å². The molecule has 2 atom stereocenters. The van der Waals surface area contributed by atoms with Crippen LogP contribution < -0.4 is 20.1 Å². The first kappa shape index (κ1) is 22.2. The maximum absolute atomic E-state index is 13.9. The Balaban J connectivity index is 0.00000280. The van der Waals surface area contributed by atoms with Crippen molar-refractivity contribution in [1.29, 1.82) is 0 Å². The van der Waals surface area contributed by atoms with E-state index in [1.165, 1.54) is 18.2 Å². The van der Waals surface area contributed by atoms with Crippen molar-refractivity contribution in [3.8, 4) is 11.5 Å². The Hall–Kier alpha value is -2.10. The lowest BCUT2D eigenvalue weighted by Crippen LogP contribution is -2.38. The first-order valence-electron chi connectivity index (χ1n) is 8.69. The predicted octanol–water partition coefficient (Wildman–Crippen LogP) is 3.82. The number of halogens is 3.